The van der Waals surface area contributed by atoms with Gasteiger partial charge in [0.1, 0.15) is 6.54 Å². The standard InChI is InChI=1S/C19H20N4O3/c24-17-7-3-4-10-22(17)13-18(25)21-11-8-14(9-12-21)23-16-6-2-1-5-15(16)20-19(23)26/h1-7,10,14H,8-9,11-13H2,(H,20,26). The van der Waals surface area contributed by atoms with Crippen LogP contribution in [0.25, 0.3) is 11.0 Å². The lowest BCUT2D eigenvalue weighted by atomic mass is 10.0. The fourth-order valence-corrected chi connectivity index (χ4v) is 3.65. The molecule has 4 rings (SSSR count). The molecule has 1 amide bonds. The molecule has 3 heterocycles. The first-order valence-corrected chi connectivity index (χ1v) is 8.76. The monoisotopic (exact) mass is 352 g/mol. The van der Waals surface area contributed by atoms with Gasteiger partial charge in [0.25, 0.3) is 5.56 Å². The quantitative estimate of drug-likeness (QED) is 0.773. The van der Waals surface area contributed by atoms with Crippen LogP contribution in [0, 0.1) is 0 Å². The highest BCUT2D eigenvalue weighted by Crippen LogP contribution is 2.24. The van der Waals surface area contributed by atoms with Crippen LogP contribution >= 0.6 is 0 Å². The summed E-state index contributed by atoms with van der Waals surface area (Å²) in [5.74, 6) is -0.0666. The number of aromatic amines is 1. The summed E-state index contributed by atoms with van der Waals surface area (Å²) in [5, 5.41) is 0. The van der Waals surface area contributed by atoms with Crippen LogP contribution in [0.4, 0.5) is 0 Å². The molecule has 0 unspecified atom stereocenters. The van der Waals surface area contributed by atoms with Crippen LogP contribution in [0.2, 0.25) is 0 Å². The highest BCUT2D eigenvalue weighted by Gasteiger charge is 2.26. The first kappa shape index (κ1) is 16.4. The van der Waals surface area contributed by atoms with E-state index in [2.05, 4.69) is 4.98 Å². The van der Waals surface area contributed by atoms with Gasteiger partial charge in [-0.1, -0.05) is 18.2 Å². The molecule has 0 radical (unpaired) electrons. The summed E-state index contributed by atoms with van der Waals surface area (Å²) in [5.41, 5.74) is 1.45. The highest BCUT2D eigenvalue weighted by atomic mass is 16.2. The van der Waals surface area contributed by atoms with Crippen LogP contribution < -0.4 is 11.2 Å². The third-order valence-corrected chi connectivity index (χ3v) is 5.01. The SMILES string of the molecule is O=C(Cn1ccccc1=O)N1CCC(n2c(=O)[nH]c3ccccc32)CC1. The van der Waals surface area contributed by atoms with Gasteiger partial charge in [0.05, 0.1) is 11.0 Å². The Kier molecular flexibility index (Phi) is 4.20. The van der Waals surface area contributed by atoms with Gasteiger partial charge in [-0.2, -0.15) is 0 Å². The third-order valence-electron chi connectivity index (χ3n) is 5.01. The lowest BCUT2D eigenvalue weighted by molar-refractivity contribution is -0.133. The number of nitrogens with zero attached hydrogens (tertiary/aromatic N) is 3. The Morgan fingerprint density at radius 3 is 2.54 bits per heavy atom. The fraction of sp³-hybridized carbons (Fsp3) is 0.316. The lowest BCUT2D eigenvalue weighted by Gasteiger charge is -2.32. The van der Waals surface area contributed by atoms with Crippen molar-refractivity contribution < 1.29 is 4.79 Å². The number of piperidine rings is 1. The number of nitrogens with one attached hydrogen (secondary N) is 1. The lowest BCUT2D eigenvalue weighted by Crippen LogP contribution is -2.42. The van der Waals surface area contributed by atoms with E-state index in [0.717, 1.165) is 23.9 Å². The second-order valence-electron chi connectivity index (χ2n) is 6.60. The number of fused-ring (bicyclic) bond motifs is 1. The zero-order chi connectivity index (χ0) is 18.1. The number of carbonyl (C=O) groups excluding carboxylic acids is 1. The van der Waals surface area contributed by atoms with Crippen molar-refractivity contribution in [2.75, 3.05) is 13.1 Å². The van der Waals surface area contributed by atoms with E-state index in [0.29, 0.717) is 13.1 Å². The van der Waals surface area contributed by atoms with E-state index < -0.39 is 0 Å². The van der Waals surface area contributed by atoms with Crippen molar-refractivity contribution in [1.82, 2.24) is 19.0 Å². The summed E-state index contributed by atoms with van der Waals surface area (Å²) in [7, 11) is 0. The molecule has 134 valence electrons. The highest BCUT2D eigenvalue weighted by molar-refractivity contribution is 5.76. The van der Waals surface area contributed by atoms with Crippen LogP contribution in [0.5, 0.6) is 0 Å². The van der Waals surface area contributed by atoms with Crippen molar-refractivity contribution in [2.24, 2.45) is 0 Å². The van der Waals surface area contributed by atoms with Gasteiger partial charge in [-0.3, -0.25) is 14.2 Å². The van der Waals surface area contributed by atoms with E-state index in [4.69, 9.17) is 0 Å². The van der Waals surface area contributed by atoms with E-state index in [9.17, 15) is 14.4 Å². The van der Waals surface area contributed by atoms with E-state index in [1.54, 1.807) is 27.8 Å². The second-order valence-corrected chi connectivity index (χ2v) is 6.60. The molecule has 1 aromatic carbocycles. The van der Waals surface area contributed by atoms with Gasteiger partial charge in [-0.25, -0.2) is 4.79 Å². The number of rotatable bonds is 3. The maximum atomic E-state index is 12.5. The van der Waals surface area contributed by atoms with Crippen molar-refractivity contribution in [3.8, 4) is 0 Å². The van der Waals surface area contributed by atoms with Crippen LogP contribution in [0.1, 0.15) is 18.9 Å². The molecule has 0 bridgehead atoms. The van der Waals surface area contributed by atoms with Gasteiger partial charge in [-0.05, 0) is 31.0 Å². The first-order chi connectivity index (χ1) is 12.6. The van der Waals surface area contributed by atoms with Crippen molar-refractivity contribution in [3.63, 3.8) is 0 Å². The minimum atomic E-state index is -0.180. The molecular weight excluding hydrogens is 332 g/mol. The smallest absolute Gasteiger partial charge is 0.326 e. The Bertz CT molecular complexity index is 1050. The molecule has 0 spiro atoms. The number of carbonyl (C=O) groups is 1. The predicted octanol–water partition coefficient (Wildman–Crippen LogP) is 1.35. The molecule has 3 aromatic rings. The maximum Gasteiger partial charge on any atom is 0.326 e. The number of para-hydroxylation sites is 2. The molecule has 1 aliphatic heterocycles. The van der Waals surface area contributed by atoms with Crippen LogP contribution in [0.15, 0.2) is 58.3 Å². The average Bonchev–Trinajstić information content (AvgIpc) is 2.99. The molecule has 0 saturated carbocycles. The van der Waals surface area contributed by atoms with Crippen LogP contribution in [-0.2, 0) is 11.3 Å². The minimum Gasteiger partial charge on any atom is -0.341 e. The number of pyridine rings is 1. The summed E-state index contributed by atoms with van der Waals surface area (Å²) in [6.07, 6.45) is 3.06. The number of hydrogen-bond donors (Lipinski definition) is 1. The minimum absolute atomic E-state index is 0.0530. The third kappa shape index (κ3) is 2.96. The predicted molar refractivity (Wildman–Crippen MR) is 98.1 cm³/mol. The molecule has 1 aliphatic rings. The van der Waals surface area contributed by atoms with E-state index in [-0.39, 0.29) is 29.7 Å². The largest absolute Gasteiger partial charge is 0.341 e. The molecule has 1 N–H and O–H groups in total. The number of H-pyrrole nitrogens is 1. The van der Waals surface area contributed by atoms with Gasteiger partial charge in [0.2, 0.25) is 5.91 Å². The Balaban J connectivity index is 1.46. The summed E-state index contributed by atoms with van der Waals surface area (Å²) in [6, 6.07) is 12.6. The summed E-state index contributed by atoms with van der Waals surface area (Å²) < 4.78 is 3.22. The van der Waals surface area contributed by atoms with E-state index in [1.165, 1.54) is 10.6 Å². The number of imidazole rings is 1. The number of aromatic nitrogens is 3. The normalized spacial score (nSPS) is 15.5. The van der Waals surface area contributed by atoms with Gasteiger partial charge in [-0.15, -0.1) is 0 Å². The number of likely N-dealkylation sites (tertiary alicyclic amines) is 1. The van der Waals surface area contributed by atoms with Crippen molar-refractivity contribution in [1.29, 1.82) is 0 Å². The maximum absolute atomic E-state index is 12.5. The van der Waals surface area contributed by atoms with Crippen LogP contribution in [0.3, 0.4) is 0 Å². The summed E-state index contributed by atoms with van der Waals surface area (Å²) >= 11 is 0. The van der Waals surface area contributed by atoms with Crippen LogP contribution in [-0.4, -0.2) is 38.0 Å². The van der Waals surface area contributed by atoms with Gasteiger partial charge >= 0.3 is 5.69 Å². The number of hydrogen-bond acceptors (Lipinski definition) is 3. The molecule has 2 aromatic heterocycles. The Labute approximate surface area is 149 Å². The Morgan fingerprint density at radius 2 is 1.77 bits per heavy atom. The average molecular weight is 352 g/mol. The molecule has 0 aliphatic carbocycles. The Hall–Kier alpha value is -3.09. The van der Waals surface area contributed by atoms with Crippen molar-refractivity contribution >= 4 is 16.9 Å². The summed E-state index contributed by atoms with van der Waals surface area (Å²) in [6.45, 7) is 1.21. The van der Waals surface area contributed by atoms with Gasteiger partial charge in [0, 0.05) is 31.4 Å². The summed E-state index contributed by atoms with van der Waals surface area (Å²) in [4.78, 5) is 41.2. The molecule has 0 atom stereocenters. The number of benzene rings is 1. The molecule has 1 saturated heterocycles. The van der Waals surface area contributed by atoms with E-state index in [1.807, 2.05) is 24.3 Å². The topological polar surface area (TPSA) is 80.1 Å². The van der Waals surface area contributed by atoms with Crippen molar-refractivity contribution in [3.05, 3.63) is 69.5 Å². The molecule has 1 fully saturated rings. The fourth-order valence-electron chi connectivity index (χ4n) is 3.65. The van der Waals surface area contributed by atoms with Crippen molar-refractivity contribution in [2.45, 2.75) is 25.4 Å². The first-order valence-electron chi connectivity index (χ1n) is 8.76. The molecule has 26 heavy (non-hydrogen) atoms. The second kappa shape index (κ2) is 6.67. The van der Waals surface area contributed by atoms with Gasteiger partial charge in [0.15, 0.2) is 0 Å². The van der Waals surface area contributed by atoms with Gasteiger partial charge < -0.3 is 14.5 Å². The molecule has 7 heteroatoms. The molecular formula is C19H20N4O3. The zero-order valence-electron chi connectivity index (χ0n) is 14.3. The number of amides is 1. The Morgan fingerprint density at radius 1 is 1.04 bits per heavy atom. The molecule has 7 nitrogen and oxygen atoms in total. The van der Waals surface area contributed by atoms with E-state index >= 15 is 0 Å². The zero-order valence-corrected chi connectivity index (χ0v) is 14.3.